The monoisotopic (exact) mass is 467 g/mol. The number of hydrogen-bond acceptors (Lipinski definition) is 7. The van der Waals surface area contributed by atoms with Crippen LogP contribution in [0.3, 0.4) is 0 Å². The molecule has 0 spiro atoms. The van der Waals surface area contributed by atoms with Crippen LogP contribution in [0.2, 0.25) is 0 Å². The molecule has 0 amide bonds. The molecule has 1 aromatic carbocycles. The van der Waals surface area contributed by atoms with Gasteiger partial charge in [-0.2, -0.15) is 0 Å². The number of hydrogen-bond donors (Lipinski definition) is 1. The third-order valence-corrected chi connectivity index (χ3v) is 7.24. The Morgan fingerprint density at radius 3 is 2.32 bits per heavy atom. The van der Waals surface area contributed by atoms with Crippen molar-refractivity contribution >= 4 is 17.7 Å². The van der Waals surface area contributed by atoms with Crippen molar-refractivity contribution in [3.8, 4) is 5.75 Å². The maximum Gasteiger partial charge on any atom is 0.337 e. The number of ketones is 1. The maximum atomic E-state index is 13.7. The lowest BCUT2D eigenvalue weighted by Crippen LogP contribution is -2.43. The van der Waals surface area contributed by atoms with Gasteiger partial charge in [0.25, 0.3) is 0 Å². The average Bonchev–Trinajstić information content (AvgIpc) is 2.83. The summed E-state index contributed by atoms with van der Waals surface area (Å²) in [5, 5.41) is 3.31. The minimum absolute atomic E-state index is 0.113. The number of esters is 2. The predicted octanol–water partition coefficient (Wildman–Crippen LogP) is 4.18. The van der Waals surface area contributed by atoms with Crippen LogP contribution in [0.25, 0.3) is 0 Å². The van der Waals surface area contributed by atoms with Crippen LogP contribution < -0.4 is 10.1 Å². The molecule has 0 aromatic heterocycles. The third-order valence-electron chi connectivity index (χ3n) is 7.24. The first-order valence-corrected chi connectivity index (χ1v) is 12.0. The molecule has 1 aliphatic heterocycles. The number of nitrogens with one attached hydrogen (secondary N) is 1. The van der Waals surface area contributed by atoms with E-state index >= 15 is 0 Å². The van der Waals surface area contributed by atoms with Gasteiger partial charge in [-0.3, -0.25) is 9.59 Å². The lowest BCUT2D eigenvalue weighted by atomic mass is 9.69. The molecule has 1 aromatic rings. The maximum absolute atomic E-state index is 13.7. The Morgan fingerprint density at radius 1 is 1.03 bits per heavy atom. The van der Waals surface area contributed by atoms with E-state index in [-0.39, 0.29) is 17.8 Å². The summed E-state index contributed by atoms with van der Waals surface area (Å²) in [5.41, 5.74) is 3.07. The number of carbonyl (C=O) groups is 3. The molecule has 7 heteroatoms. The van der Waals surface area contributed by atoms with Gasteiger partial charge in [0.05, 0.1) is 19.8 Å². The van der Waals surface area contributed by atoms with Crippen LogP contribution in [0.4, 0.5) is 0 Å². The zero-order valence-electron chi connectivity index (χ0n) is 20.3. The molecule has 0 saturated heterocycles. The van der Waals surface area contributed by atoms with E-state index in [1.807, 2.05) is 38.1 Å². The van der Waals surface area contributed by atoms with Gasteiger partial charge in [-0.15, -0.1) is 0 Å². The molecule has 3 aliphatic rings. The number of carbonyl (C=O) groups excluding carboxylic acids is 3. The molecule has 3 atom stereocenters. The quantitative estimate of drug-likeness (QED) is 0.513. The lowest BCUT2D eigenvalue weighted by Gasteiger charge is -2.38. The molecular weight excluding hydrogens is 434 g/mol. The summed E-state index contributed by atoms with van der Waals surface area (Å²) >= 11 is 0. The van der Waals surface area contributed by atoms with Gasteiger partial charge in [-0.1, -0.05) is 25.5 Å². The van der Waals surface area contributed by atoms with Gasteiger partial charge >= 0.3 is 11.9 Å². The highest BCUT2D eigenvalue weighted by atomic mass is 16.5. The van der Waals surface area contributed by atoms with Gasteiger partial charge < -0.3 is 19.5 Å². The van der Waals surface area contributed by atoms with Gasteiger partial charge in [0.2, 0.25) is 0 Å². The fourth-order valence-corrected chi connectivity index (χ4v) is 5.48. The summed E-state index contributed by atoms with van der Waals surface area (Å²) in [6.07, 6.45) is 5.35. The molecule has 4 rings (SSSR count). The zero-order valence-corrected chi connectivity index (χ0v) is 20.3. The van der Waals surface area contributed by atoms with Crippen LogP contribution in [0, 0.1) is 11.8 Å². The van der Waals surface area contributed by atoms with E-state index in [0.717, 1.165) is 43.4 Å². The van der Waals surface area contributed by atoms with Crippen molar-refractivity contribution in [1.82, 2.24) is 5.32 Å². The first-order valence-electron chi connectivity index (χ1n) is 12.0. The second-order valence-electron chi connectivity index (χ2n) is 9.47. The van der Waals surface area contributed by atoms with E-state index in [0.29, 0.717) is 29.0 Å². The minimum Gasteiger partial charge on any atom is -0.497 e. The van der Waals surface area contributed by atoms with Gasteiger partial charge in [0, 0.05) is 22.9 Å². The highest BCUT2D eigenvalue weighted by Gasteiger charge is 2.47. The van der Waals surface area contributed by atoms with Crippen LogP contribution in [0.1, 0.15) is 63.9 Å². The number of allylic oxidation sites excluding steroid dienone is 3. The zero-order chi connectivity index (χ0) is 24.4. The van der Waals surface area contributed by atoms with Crippen molar-refractivity contribution in [3.63, 3.8) is 0 Å². The highest BCUT2D eigenvalue weighted by Crippen LogP contribution is 2.46. The second kappa shape index (κ2) is 10.0. The summed E-state index contributed by atoms with van der Waals surface area (Å²) in [5.74, 6) is -2.34. The van der Waals surface area contributed by atoms with Crippen LogP contribution in [0.15, 0.2) is 46.8 Å². The molecule has 2 aliphatic carbocycles. The number of ether oxygens (including phenoxy) is 3. The highest BCUT2D eigenvalue weighted by molar-refractivity contribution is 6.12. The number of methoxy groups -OCH3 is 2. The van der Waals surface area contributed by atoms with Gasteiger partial charge in [0.15, 0.2) is 5.78 Å². The Kier molecular flexibility index (Phi) is 7.10. The van der Waals surface area contributed by atoms with Gasteiger partial charge in [-0.25, -0.2) is 4.79 Å². The Morgan fingerprint density at radius 2 is 1.71 bits per heavy atom. The Labute approximate surface area is 200 Å². The fraction of sp³-hybridized carbons (Fsp3) is 0.519. The van der Waals surface area contributed by atoms with E-state index in [9.17, 15) is 14.4 Å². The number of benzene rings is 1. The molecule has 0 unspecified atom stereocenters. The molecule has 34 heavy (non-hydrogen) atoms. The number of dihydropyridines is 1. The van der Waals surface area contributed by atoms with Crippen molar-refractivity contribution in [2.75, 3.05) is 14.2 Å². The van der Waals surface area contributed by atoms with Crippen molar-refractivity contribution in [2.24, 2.45) is 11.8 Å². The summed E-state index contributed by atoms with van der Waals surface area (Å²) in [6, 6.07) is 7.34. The predicted molar refractivity (Wildman–Crippen MR) is 126 cm³/mol. The average molecular weight is 468 g/mol. The van der Waals surface area contributed by atoms with E-state index in [1.54, 1.807) is 7.11 Å². The normalized spacial score (nSPS) is 25.4. The van der Waals surface area contributed by atoms with Crippen LogP contribution in [0.5, 0.6) is 5.75 Å². The smallest absolute Gasteiger partial charge is 0.337 e. The standard InChI is InChI=1S/C27H33NO6/c1-15-14-20-24(25(29)21(15)26(30)33-4)23(17-10-12-18(32-3)13-11-17)22(16(2)28-20)27(31)34-19-8-6-5-7-9-19/h10-13,15,19,21,23,28H,5-9,14H2,1-4H3/t15-,21+,23+/m1/s1. The van der Waals surface area contributed by atoms with Gasteiger partial charge in [0.1, 0.15) is 17.8 Å². The number of rotatable bonds is 5. The van der Waals surface area contributed by atoms with Crippen LogP contribution in [-0.4, -0.2) is 38.0 Å². The van der Waals surface area contributed by atoms with Crippen molar-refractivity contribution in [1.29, 1.82) is 0 Å². The Bertz CT molecular complexity index is 1030. The van der Waals surface area contributed by atoms with Crippen molar-refractivity contribution < 1.29 is 28.6 Å². The first kappa shape index (κ1) is 24.0. The van der Waals surface area contributed by atoms with Gasteiger partial charge in [-0.05, 0) is 62.6 Å². The van der Waals surface area contributed by atoms with Crippen molar-refractivity contribution in [2.45, 2.75) is 64.4 Å². The number of Topliss-reactive ketones (excluding diaryl/α,β-unsaturated/α-hetero) is 1. The lowest BCUT2D eigenvalue weighted by molar-refractivity contribution is -0.151. The molecule has 1 saturated carbocycles. The topological polar surface area (TPSA) is 90.9 Å². The minimum atomic E-state index is -0.902. The molecule has 0 bridgehead atoms. The Hall–Kier alpha value is -3.09. The SMILES string of the molecule is COC(=O)[C@@H]1C(=O)C2=C(C[C@H]1C)NC(C)=C(C(=O)OC1CCCCC1)[C@@H]2c1ccc(OC)cc1. The summed E-state index contributed by atoms with van der Waals surface area (Å²) in [4.78, 5) is 39.8. The second-order valence-corrected chi connectivity index (χ2v) is 9.47. The third kappa shape index (κ3) is 4.48. The summed E-state index contributed by atoms with van der Waals surface area (Å²) in [6.45, 7) is 3.72. The first-order chi connectivity index (χ1) is 16.3. The Balaban J connectivity index is 1.77. The fourth-order valence-electron chi connectivity index (χ4n) is 5.48. The van der Waals surface area contributed by atoms with Crippen LogP contribution in [-0.2, 0) is 23.9 Å². The molecule has 1 heterocycles. The summed E-state index contributed by atoms with van der Waals surface area (Å²) in [7, 11) is 2.88. The largest absolute Gasteiger partial charge is 0.497 e. The molecular formula is C27H33NO6. The summed E-state index contributed by atoms with van der Waals surface area (Å²) < 4.78 is 16.2. The van der Waals surface area contributed by atoms with E-state index in [1.165, 1.54) is 7.11 Å². The van der Waals surface area contributed by atoms with Crippen molar-refractivity contribution in [3.05, 3.63) is 52.4 Å². The molecule has 0 radical (unpaired) electrons. The molecule has 182 valence electrons. The molecule has 1 fully saturated rings. The van der Waals surface area contributed by atoms with E-state index < -0.39 is 23.8 Å². The van der Waals surface area contributed by atoms with Crippen LogP contribution >= 0.6 is 0 Å². The molecule has 7 nitrogen and oxygen atoms in total. The molecule has 1 N–H and O–H groups in total. The van der Waals surface area contributed by atoms with E-state index in [2.05, 4.69) is 5.32 Å². The van der Waals surface area contributed by atoms with E-state index in [4.69, 9.17) is 14.2 Å².